The monoisotopic (exact) mass is 406 g/mol. The number of Topliss-reactive ketones (excluding diaryl/α,β-unsaturated/α-hetero) is 1. The number of aliphatic carboxylic acids is 1. The number of amides is 1. The Labute approximate surface area is 188 Å². The third kappa shape index (κ3) is 4.31. The molecule has 0 spiro atoms. The number of ketones is 1. The van der Waals surface area contributed by atoms with Crippen LogP contribution in [0.15, 0.2) is 42.5 Å². The standard InChI is InChI=1S/C20H17ClN2O4.Na/c1-11-15(9-17(22)24)18-14(19(25)20(26)27)6-3-7-16(18)23(11)10-12-4-2-5-13(21)8-12;/h2-8H,9-10H2,1H3,(H2,22,24)(H,26,27);/q;+1/p-1. The summed E-state index contributed by atoms with van der Waals surface area (Å²) in [6.45, 7) is 2.24. The fourth-order valence-corrected chi connectivity index (χ4v) is 3.53. The van der Waals surface area contributed by atoms with E-state index in [1.165, 1.54) is 6.07 Å². The quantitative estimate of drug-likeness (QED) is 0.309. The number of rotatable bonds is 6. The molecule has 138 valence electrons. The van der Waals surface area contributed by atoms with E-state index < -0.39 is 17.7 Å². The molecule has 8 heteroatoms. The summed E-state index contributed by atoms with van der Waals surface area (Å²) in [5, 5.41) is 12.1. The number of aromatic nitrogens is 1. The number of hydrogen-bond donors (Lipinski definition) is 1. The van der Waals surface area contributed by atoms with Gasteiger partial charge >= 0.3 is 29.6 Å². The second-order valence-electron chi connectivity index (χ2n) is 6.24. The average Bonchev–Trinajstić information content (AvgIpc) is 2.86. The van der Waals surface area contributed by atoms with E-state index in [1.54, 1.807) is 25.1 Å². The first kappa shape index (κ1) is 22.2. The molecule has 0 aliphatic carbocycles. The summed E-state index contributed by atoms with van der Waals surface area (Å²) in [6.07, 6.45) is -0.109. The Hall–Kier alpha value is -2.12. The van der Waals surface area contributed by atoms with E-state index in [0.717, 1.165) is 11.3 Å². The summed E-state index contributed by atoms with van der Waals surface area (Å²) >= 11 is 6.06. The first-order valence-electron chi connectivity index (χ1n) is 8.18. The summed E-state index contributed by atoms with van der Waals surface area (Å²) in [6, 6.07) is 12.1. The Kier molecular flexibility index (Phi) is 7.06. The third-order valence-electron chi connectivity index (χ3n) is 4.49. The van der Waals surface area contributed by atoms with E-state index in [0.29, 0.717) is 28.0 Å². The molecule has 0 bridgehead atoms. The van der Waals surface area contributed by atoms with Gasteiger partial charge in [0.05, 0.1) is 6.42 Å². The molecule has 0 unspecified atom stereocenters. The molecule has 3 rings (SSSR count). The minimum absolute atomic E-state index is 0. The summed E-state index contributed by atoms with van der Waals surface area (Å²) in [5.74, 6) is -3.50. The van der Waals surface area contributed by atoms with E-state index in [1.807, 2.05) is 22.8 Å². The summed E-state index contributed by atoms with van der Waals surface area (Å²) in [7, 11) is 0. The Bertz CT molecular complexity index is 1090. The van der Waals surface area contributed by atoms with Crippen molar-refractivity contribution >= 4 is 40.2 Å². The van der Waals surface area contributed by atoms with Gasteiger partial charge in [-0.2, -0.15) is 0 Å². The number of carboxylic acids is 1. The van der Waals surface area contributed by atoms with Gasteiger partial charge in [0.15, 0.2) is 0 Å². The molecule has 0 fully saturated rings. The molecular weight excluding hydrogens is 391 g/mol. The van der Waals surface area contributed by atoms with Crippen molar-refractivity contribution in [3.63, 3.8) is 0 Å². The Morgan fingerprint density at radius 1 is 1.14 bits per heavy atom. The molecular formula is C20H16ClN2NaO4. The van der Waals surface area contributed by atoms with Crippen LogP contribution in [0.25, 0.3) is 10.9 Å². The maximum absolute atomic E-state index is 12.1. The van der Waals surface area contributed by atoms with Crippen LogP contribution in [0.1, 0.15) is 27.2 Å². The number of nitrogens with two attached hydrogens (primary N) is 1. The van der Waals surface area contributed by atoms with Crippen LogP contribution < -0.4 is 40.4 Å². The van der Waals surface area contributed by atoms with Gasteiger partial charge in [0, 0.05) is 33.7 Å². The molecule has 0 aliphatic rings. The van der Waals surface area contributed by atoms with Crippen LogP contribution in [0.4, 0.5) is 0 Å². The maximum Gasteiger partial charge on any atom is 1.00 e. The smallest absolute Gasteiger partial charge is 0.541 e. The Morgan fingerprint density at radius 3 is 2.43 bits per heavy atom. The second-order valence-corrected chi connectivity index (χ2v) is 6.68. The molecule has 3 aromatic rings. The predicted octanol–water partition coefficient (Wildman–Crippen LogP) is -1.38. The first-order valence-corrected chi connectivity index (χ1v) is 8.56. The zero-order valence-electron chi connectivity index (χ0n) is 15.5. The molecule has 1 amide bonds. The van der Waals surface area contributed by atoms with Crippen molar-refractivity contribution in [2.45, 2.75) is 19.9 Å². The zero-order valence-corrected chi connectivity index (χ0v) is 18.2. The predicted molar refractivity (Wildman–Crippen MR) is 99.5 cm³/mol. The Morgan fingerprint density at radius 2 is 1.82 bits per heavy atom. The average molecular weight is 407 g/mol. The topological polar surface area (TPSA) is 105 Å². The number of carbonyl (C=O) groups excluding carboxylic acids is 3. The number of carbonyl (C=O) groups is 3. The zero-order chi connectivity index (χ0) is 19.7. The fourth-order valence-electron chi connectivity index (χ4n) is 3.32. The van der Waals surface area contributed by atoms with E-state index in [9.17, 15) is 19.5 Å². The van der Waals surface area contributed by atoms with Crippen molar-refractivity contribution < 1.29 is 49.0 Å². The summed E-state index contributed by atoms with van der Waals surface area (Å²) in [4.78, 5) is 34.8. The van der Waals surface area contributed by atoms with Gasteiger partial charge in [0.2, 0.25) is 11.7 Å². The molecule has 1 aromatic heterocycles. The number of halogens is 1. The van der Waals surface area contributed by atoms with E-state index in [-0.39, 0.29) is 41.5 Å². The summed E-state index contributed by atoms with van der Waals surface area (Å²) in [5.41, 5.74) is 8.17. The summed E-state index contributed by atoms with van der Waals surface area (Å²) < 4.78 is 1.91. The van der Waals surface area contributed by atoms with Gasteiger partial charge in [0.1, 0.15) is 5.97 Å². The van der Waals surface area contributed by atoms with E-state index in [2.05, 4.69) is 0 Å². The van der Waals surface area contributed by atoms with Crippen molar-refractivity contribution in [2.24, 2.45) is 5.73 Å². The molecule has 0 saturated carbocycles. The molecule has 0 aliphatic heterocycles. The number of fused-ring (bicyclic) bond motifs is 1. The van der Waals surface area contributed by atoms with Crippen LogP contribution in [-0.2, 0) is 22.6 Å². The van der Waals surface area contributed by atoms with Crippen LogP contribution in [0, 0.1) is 6.92 Å². The molecule has 28 heavy (non-hydrogen) atoms. The van der Waals surface area contributed by atoms with Crippen molar-refractivity contribution in [3.8, 4) is 0 Å². The molecule has 2 aromatic carbocycles. The van der Waals surface area contributed by atoms with Gasteiger partial charge in [-0.05, 0) is 36.2 Å². The van der Waals surface area contributed by atoms with Gasteiger partial charge in [-0.3, -0.25) is 9.59 Å². The van der Waals surface area contributed by atoms with Gasteiger partial charge in [0.25, 0.3) is 0 Å². The molecule has 2 N–H and O–H groups in total. The molecule has 6 nitrogen and oxygen atoms in total. The van der Waals surface area contributed by atoms with E-state index in [4.69, 9.17) is 17.3 Å². The second kappa shape index (κ2) is 8.92. The Balaban J connectivity index is 0.00000280. The fraction of sp³-hybridized carbons (Fsp3) is 0.150. The van der Waals surface area contributed by atoms with Crippen molar-refractivity contribution in [1.82, 2.24) is 4.57 Å². The minimum Gasteiger partial charge on any atom is -0.541 e. The van der Waals surface area contributed by atoms with Crippen molar-refractivity contribution in [3.05, 3.63) is 69.9 Å². The van der Waals surface area contributed by atoms with Crippen LogP contribution in [0.5, 0.6) is 0 Å². The first-order chi connectivity index (χ1) is 12.8. The van der Waals surface area contributed by atoms with Gasteiger partial charge < -0.3 is 20.2 Å². The van der Waals surface area contributed by atoms with Crippen molar-refractivity contribution in [2.75, 3.05) is 0 Å². The SMILES string of the molecule is Cc1c(CC(N)=O)c2c(C(=O)C(=O)[O-])cccc2n1Cc1cccc(Cl)c1.[Na+]. The van der Waals surface area contributed by atoms with Gasteiger partial charge in [-0.25, -0.2) is 0 Å². The molecule has 0 atom stereocenters. The number of carboxylic acid groups (broad SMARTS) is 1. The minimum atomic E-state index is -1.80. The van der Waals surface area contributed by atoms with Crippen LogP contribution in [0.3, 0.4) is 0 Å². The van der Waals surface area contributed by atoms with Crippen LogP contribution >= 0.6 is 11.6 Å². The van der Waals surface area contributed by atoms with Crippen LogP contribution in [0.2, 0.25) is 5.02 Å². The largest absolute Gasteiger partial charge is 1.00 e. The normalized spacial score (nSPS) is 10.5. The molecule has 0 saturated heterocycles. The molecule has 0 radical (unpaired) electrons. The maximum atomic E-state index is 12.1. The third-order valence-corrected chi connectivity index (χ3v) is 4.72. The van der Waals surface area contributed by atoms with Crippen LogP contribution in [-0.4, -0.2) is 22.2 Å². The number of hydrogen-bond acceptors (Lipinski definition) is 4. The van der Waals surface area contributed by atoms with Crippen molar-refractivity contribution in [1.29, 1.82) is 0 Å². The number of benzene rings is 2. The van der Waals surface area contributed by atoms with Gasteiger partial charge in [-0.15, -0.1) is 0 Å². The van der Waals surface area contributed by atoms with E-state index >= 15 is 0 Å². The molecule has 1 heterocycles. The van der Waals surface area contributed by atoms with Gasteiger partial charge in [-0.1, -0.05) is 35.9 Å². The number of primary amides is 1. The number of nitrogens with zero attached hydrogens (tertiary/aromatic N) is 1.